The van der Waals surface area contributed by atoms with Crippen molar-refractivity contribution in [3.8, 4) is 0 Å². The van der Waals surface area contributed by atoms with E-state index in [1.807, 2.05) is 0 Å². The molecule has 3 rings (SSSR count). The summed E-state index contributed by atoms with van der Waals surface area (Å²) in [5.41, 5.74) is 1.71. The molecule has 0 aromatic carbocycles. The molecular formula is C18H22F3N3O2. The SMILES string of the molecule is CC1(C)[C@H]2CC[C@]1(C)/C(=N/NC(=O)Cn1cc(C(F)(F)F)ccc1=O)C2. The van der Waals surface area contributed by atoms with Crippen LogP contribution in [0.5, 0.6) is 0 Å². The highest BCUT2D eigenvalue weighted by Crippen LogP contribution is 2.63. The predicted molar refractivity (Wildman–Crippen MR) is 90.5 cm³/mol. The fraction of sp³-hybridized carbons (Fsp3) is 0.611. The van der Waals surface area contributed by atoms with Crippen molar-refractivity contribution in [1.29, 1.82) is 0 Å². The Bertz CT molecular complexity index is 826. The molecule has 2 bridgehead atoms. The van der Waals surface area contributed by atoms with Crippen LogP contribution in [0.25, 0.3) is 0 Å². The highest BCUT2D eigenvalue weighted by Gasteiger charge is 2.60. The van der Waals surface area contributed by atoms with Gasteiger partial charge in [0.05, 0.1) is 5.56 Å². The Kier molecular flexibility index (Phi) is 4.28. The number of nitrogens with zero attached hydrogens (tertiary/aromatic N) is 2. The summed E-state index contributed by atoms with van der Waals surface area (Å²) >= 11 is 0. The lowest BCUT2D eigenvalue weighted by Crippen LogP contribution is -2.35. The first kappa shape index (κ1) is 18.7. The van der Waals surface area contributed by atoms with E-state index in [1.54, 1.807) is 0 Å². The minimum Gasteiger partial charge on any atom is -0.305 e. The van der Waals surface area contributed by atoms with Crippen LogP contribution in [0.4, 0.5) is 13.2 Å². The molecule has 0 radical (unpaired) electrons. The topological polar surface area (TPSA) is 63.5 Å². The maximum atomic E-state index is 12.8. The standard InChI is InChI=1S/C18H22F3N3O2/c1-16(2)11-6-7-17(16,3)13(8-11)22-23-14(25)10-24-9-12(18(19,20)21)4-5-15(24)26/h4-5,9,11H,6-8,10H2,1-3H3,(H,23,25)/b22-13+/t11-,17+/m0/s1. The van der Waals surface area contributed by atoms with Gasteiger partial charge in [-0.3, -0.25) is 9.59 Å². The highest BCUT2D eigenvalue weighted by atomic mass is 19.4. The largest absolute Gasteiger partial charge is 0.417 e. The van der Waals surface area contributed by atoms with Gasteiger partial charge in [-0.1, -0.05) is 20.8 Å². The maximum absolute atomic E-state index is 12.8. The van der Waals surface area contributed by atoms with Crippen molar-refractivity contribution < 1.29 is 18.0 Å². The van der Waals surface area contributed by atoms with Crippen LogP contribution in [0, 0.1) is 16.7 Å². The molecule has 8 heteroatoms. The summed E-state index contributed by atoms with van der Waals surface area (Å²) in [6, 6.07) is 1.51. The number of rotatable bonds is 3. The Morgan fingerprint density at radius 3 is 2.58 bits per heavy atom. The summed E-state index contributed by atoms with van der Waals surface area (Å²) in [6.07, 6.45) is -0.970. The quantitative estimate of drug-likeness (QED) is 0.832. The molecule has 142 valence electrons. The van der Waals surface area contributed by atoms with Gasteiger partial charge in [0.15, 0.2) is 0 Å². The lowest BCUT2D eigenvalue weighted by atomic mass is 9.70. The number of nitrogens with one attached hydrogen (secondary N) is 1. The number of amides is 1. The Morgan fingerprint density at radius 1 is 1.35 bits per heavy atom. The van der Waals surface area contributed by atoms with Crippen molar-refractivity contribution in [3.05, 3.63) is 34.2 Å². The molecule has 1 amide bonds. The van der Waals surface area contributed by atoms with Gasteiger partial charge in [-0.2, -0.15) is 18.3 Å². The number of aromatic nitrogens is 1. The van der Waals surface area contributed by atoms with Gasteiger partial charge < -0.3 is 4.57 Å². The summed E-state index contributed by atoms with van der Waals surface area (Å²) in [6.45, 7) is 6.04. The molecule has 26 heavy (non-hydrogen) atoms. The van der Waals surface area contributed by atoms with Crippen LogP contribution in [0.2, 0.25) is 0 Å². The van der Waals surface area contributed by atoms with E-state index in [0.717, 1.165) is 35.6 Å². The van der Waals surface area contributed by atoms with Crippen LogP contribution in [0.3, 0.4) is 0 Å². The van der Waals surface area contributed by atoms with Gasteiger partial charge in [-0.25, -0.2) is 5.43 Å². The molecule has 2 atom stereocenters. The minimum atomic E-state index is -4.57. The van der Waals surface area contributed by atoms with Gasteiger partial charge in [0.25, 0.3) is 11.5 Å². The number of hydrogen-bond donors (Lipinski definition) is 1. The number of alkyl halides is 3. The molecule has 5 nitrogen and oxygen atoms in total. The lowest BCUT2D eigenvalue weighted by Gasteiger charge is -2.34. The number of carbonyl (C=O) groups excluding carboxylic acids is 1. The molecule has 1 aromatic rings. The molecule has 2 aliphatic carbocycles. The zero-order chi connectivity index (χ0) is 19.3. The third-order valence-corrected chi connectivity index (χ3v) is 6.45. The first-order chi connectivity index (χ1) is 11.9. The predicted octanol–water partition coefficient (Wildman–Crippen LogP) is 3.19. The third kappa shape index (κ3) is 2.95. The molecule has 2 aliphatic rings. The molecule has 1 N–H and O–H groups in total. The Labute approximate surface area is 149 Å². The van der Waals surface area contributed by atoms with E-state index in [2.05, 4.69) is 31.3 Å². The highest BCUT2D eigenvalue weighted by molar-refractivity contribution is 5.95. The molecule has 0 aliphatic heterocycles. The van der Waals surface area contributed by atoms with Gasteiger partial charge in [-0.05, 0) is 36.7 Å². The molecule has 1 aromatic heterocycles. The van der Waals surface area contributed by atoms with E-state index in [4.69, 9.17) is 0 Å². The molecule has 0 saturated heterocycles. The second-order valence-electron chi connectivity index (χ2n) is 7.97. The monoisotopic (exact) mass is 369 g/mol. The molecule has 2 fully saturated rings. The molecule has 2 saturated carbocycles. The van der Waals surface area contributed by atoms with Gasteiger partial charge in [-0.15, -0.1) is 0 Å². The van der Waals surface area contributed by atoms with E-state index >= 15 is 0 Å². The van der Waals surface area contributed by atoms with Crippen LogP contribution in [0.15, 0.2) is 28.2 Å². The van der Waals surface area contributed by atoms with Crippen molar-refractivity contribution in [1.82, 2.24) is 9.99 Å². The van der Waals surface area contributed by atoms with Crippen molar-refractivity contribution in [2.75, 3.05) is 0 Å². The zero-order valence-corrected chi connectivity index (χ0v) is 15.0. The first-order valence-electron chi connectivity index (χ1n) is 8.59. The number of halogens is 3. The Morgan fingerprint density at radius 2 is 2.04 bits per heavy atom. The average molecular weight is 369 g/mol. The summed E-state index contributed by atoms with van der Waals surface area (Å²) in [5, 5.41) is 4.25. The van der Waals surface area contributed by atoms with E-state index in [1.165, 1.54) is 0 Å². The molecular weight excluding hydrogens is 347 g/mol. The normalized spacial score (nSPS) is 28.5. The Hall–Kier alpha value is -2.12. The fourth-order valence-electron chi connectivity index (χ4n) is 4.24. The molecule has 0 unspecified atom stereocenters. The van der Waals surface area contributed by atoms with Crippen molar-refractivity contribution in [2.45, 2.75) is 52.8 Å². The number of pyridine rings is 1. The fourth-order valence-corrected chi connectivity index (χ4v) is 4.24. The average Bonchev–Trinajstić information content (AvgIpc) is 2.87. The van der Waals surface area contributed by atoms with Crippen molar-refractivity contribution in [2.24, 2.45) is 21.8 Å². The van der Waals surface area contributed by atoms with E-state index in [-0.39, 0.29) is 10.8 Å². The van der Waals surface area contributed by atoms with Crippen molar-refractivity contribution >= 4 is 11.6 Å². The Balaban J connectivity index is 1.72. The van der Waals surface area contributed by atoms with E-state index in [0.29, 0.717) is 18.2 Å². The smallest absolute Gasteiger partial charge is 0.305 e. The second kappa shape index (κ2) is 5.96. The number of hydrazone groups is 1. The number of carbonyl (C=O) groups is 1. The minimum absolute atomic E-state index is 0.0853. The summed E-state index contributed by atoms with van der Waals surface area (Å²) < 4.78 is 39.0. The third-order valence-electron chi connectivity index (χ3n) is 6.45. The number of fused-ring (bicyclic) bond motifs is 2. The van der Waals surface area contributed by atoms with Crippen LogP contribution >= 0.6 is 0 Å². The summed E-state index contributed by atoms with van der Waals surface area (Å²) in [7, 11) is 0. The van der Waals surface area contributed by atoms with Crippen molar-refractivity contribution in [3.63, 3.8) is 0 Å². The van der Waals surface area contributed by atoms with Crippen LogP contribution in [-0.2, 0) is 17.5 Å². The van der Waals surface area contributed by atoms with Gasteiger partial charge in [0, 0.05) is 23.4 Å². The molecule has 1 heterocycles. The van der Waals surface area contributed by atoms with Crippen LogP contribution in [0.1, 0.15) is 45.6 Å². The van der Waals surface area contributed by atoms with E-state index < -0.39 is 29.8 Å². The van der Waals surface area contributed by atoms with Gasteiger partial charge in [0.1, 0.15) is 6.54 Å². The maximum Gasteiger partial charge on any atom is 0.417 e. The molecule has 0 spiro atoms. The first-order valence-corrected chi connectivity index (χ1v) is 8.59. The van der Waals surface area contributed by atoms with Gasteiger partial charge in [0.2, 0.25) is 0 Å². The van der Waals surface area contributed by atoms with Crippen LogP contribution in [-0.4, -0.2) is 16.2 Å². The van der Waals surface area contributed by atoms with Crippen LogP contribution < -0.4 is 11.0 Å². The number of hydrogen-bond acceptors (Lipinski definition) is 3. The lowest BCUT2D eigenvalue weighted by molar-refractivity contribution is -0.138. The summed E-state index contributed by atoms with van der Waals surface area (Å²) in [5.74, 6) is -0.0997. The van der Waals surface area contributed by atoms with Gasteiger partial charge >= 0.3 is 6.18 Å². The zero-order valence-electron chi connectivity index (χ0n) is 15.0. The van der Waals surface area contributed by atoms with E-state index in [9.17, 15) is 22.8 Å². The summed E-state index contributed by atoms with van der Waals surface area (Å²) in [4.78, 5) is 23.8. The second-order valence-corrected chi connectivity index (χ2v) is 7.97.